The lowest BCUT2D eigenvalue weighted by atomic mass is 9.67. The van der Waals surface area contributed by atoms with Crippen LogP contribution in [0.5, 0.6) is 0 Å². The topological polar surface area (TPSA) is 23.5 Å². The minimum atomic E-state index is -0.755. The molecule has 2 nitrogen and oxygen atoms in total. The first kappa shape index (κ1) is 16.8. The largest absolute Gasteiger partial charge is 0.385 e. The van der Waals surface area contributed by atoms with Crippen molar-refractivity contribution in [2.45, 2.75) is 44.6 Å². The third-order valence-corrected chi connectivity index (χ3v) is 5.18. The summed E-state index contributed by atoms with van der Waals surface area (Å²) in [6.07, 6.45) is 6.01. The summed E-state index contributed by atoms with van der Waals surface area (Å²) in [6, 6.07) is 7.80. The fourth-order valence-corrected chi connectivity index (χ4v) is 4.00. The first-order valence-corrected chi connectivity index (χ1v) is 8.45. The van der Waals surface area contributed by atoms with Crippen LogP contribution in [0.3, 0.4) is 0 Å². The molecule has 1 aliphatic carbocycles. The molecule has 0 spiro atoms. The zero-order valence-corrected chi connectivity index (χ0v) is 14.2. The standard InChI is InChI=1S/C18H28ClNO/c1-14(13-20(2)3)18(21,15-7-5-4-6-8-15)16-9-11-17(19)12-10-16/h9-12,14-15,21H,4-8,13H2,1-3H3/t14-,18-/m1/s1. The molecule has 0 aliphatic heterocycles. The van der Waals surface area contributed by atoms with E-state index in [2.05, 4.69) is 25.9 Å². The molecule has 1 N–H and O–H groups in total. The van der Waals surface area contributed by atoms with Crippen LogP contribution < -0.4 is 0 Å². The molecule has 3 heteroatoms. The molecule has 21 heavy (non-hydrogen) atoms. The van der Waals surface area contributed by atoms with Crippen molar-refractivity contribution in [3.8, 4) is 0 Å². The molecule has 2 rings (SSSR count). The van der Waals surface area contributed by atoms with Crippen LogP contribution in [-0.2, 0) is 5.60 Å². The highest BCUT2D eigenvalue weighted by Crippen LogP contribution is 2.44. The fourth-order valence-electron chi connectivity index (χ4n) is 3.87. The predicted octanol–water partition coefficient (Wildman–Crippen LogP) is 4.31. The van der Waals surface area contributed by atoms with E-state index >= 15 is 0 Å². The van der Waals surface area contributed by atoms with E-state index < -0.39 is 5.60 Å². The number of hydrogen-bond acceptors (Lipinski definition) is 2. The molecule has 118 valence electrons. The molecular formula is C18H28ClNO. The van der Waals surface area contributed by atoms with Crippen molar-refractivity contribution in [1.82, 2.24) is 4.90 Å². The summed E-state index contributed by atoms with van der Waals surface area (Å²) < 4.78 is 0. The summed E-state index contributed by atoms with van der Waals surface area (Å²) in [4.78, 5) is 2.16. The van der Waals surface area contributed by atoms with Crippen LogP contribution >= 0.6 is 11.6 Å². The zero-order valence-electron chi connectivity index (χ0n) is 13.5. The van der Waals surface area contributed by atoms with Gasteiger partial charge < -0.3 is 10.0 Å². The van der Waals surface area contributed by atoms with Crippen LogP contribution in [-0.4, -0.2) is 30.6 Å². The normalized spacial score (nSPS) is 21.2. The van der Waals surface area contributed by atoms with Gasteiger partial charge in [0.2, 0.25) is 0 Å². The third kappa shape index (κ3) is 3.80. The monoisotopic (exact) mass is 309 g/mol. The molecule has 1 aliphatic rings. The van der Waals surface area contributed by atoms with E-state index in [1.165, 1.54) is 19.3 Å². The van der Waals surface area contributed by atoms with Crippen LogP contribution in [0.25, 0.3) is 0 Å². The van der Waals surface area contributed by atoms with Gasteiger partial charge in [0.15, 0.2) is 0 Å². The van der Waals surface area contributed by atoms with Crippen molar-refractivity contribution >= 4 is 11.6 Å². The Morgan fingerprint density at radius 2 is 1.76 bits per heavy atom. The summed E-state index contributed by atoms with van der Waals surface area (Å²) in [6.45, 7) is 3.05. The second kappa shape index (κ2) is 7.13. The molecule has 0 bridgehead atoms. The van der Waals surface area contributed by atoms with Crippen LogP contribution in [0.15, 0.2) is 24.3 Å². The van der Waals surface area contributed by atoms with E-state index in [1.54, 1.807) is 0 Å². The van der Waals surface area contributed by atoms with E-state index in [0.29, 0.717) is 5.92 Å². The number of hydrogen-bond donors (Lipinski definition) is 1. The van der Waals surface area contributed by atoms with Gasteiger partial charge >= 0.3 is 0 Å². The summed E-state index contributed by atoms with van der Waals surface area (Å²) >= 11 is 6.02. The highest BCUT2D eigenvalue weighted by molar-refractivity contribution is 6.30. The molecule has 1 saturated carbocycles. The van der Waals surface area contributed by atoms with Crippen molar-refractivity contribution in [2.24, 2.45) is 11.8 Å². The van der Waals surface area contributed by atoms with Gasteiger partial charge in [-0.25, -0.2) is 0 Å². The number of rotatable bonds is 5. The predicted molar refractivity (Wildman–Crippen MR) is 89.6 cm³/mol. The lowest BCUT2D eigenvalue weighted by Gasteiger charge is -2.44. The average molecular weight is 310 g/mol. The van der Waals surface area contributed by atoms with Gasteiger partial charge in [0, 0.05) is 17.5 Å². The molecule has 1 aromatic carbocycles. The molecule has 2 atom stereocenters. The van der Waals surface area contributed by atoms with E-state index in [9.17, 15) is 5.11 Å². The summed E-state index contributed by atoms with van der Waals surface area (Å²) in [5.74, 6) is 0.541. The van der Waals surface area contributed by atoms with Gasteiger partial charge in [-0.15, -0.1) is 0 Å². The van der Waals surface area contributed by atoms with Gasteiger partial charge in [-0.05, 0) is 50.6 Å². The van der Waals surface area contributed by atoms with Crippen LogP contribution in [0.2, 0.25) is 5.02 Å². The summed E-state index contributed by atoms with van der Waals surface area (Å²) in [5.41, 5.74) is 0.267. The van der Waals surface area contributed by atoms with Crippen molar-refractivity contribution < 1.29 is 5.11 Å². The Morgan fingerprint density at radius 1 is 1.19 bits per heavy atom. The van der Waals surface area contributed by atoms with Gasteiger partial charge in [-0.3, -0.25) is 0 Å². The van der Waals surface area contributed by atoms with Crippen molar-refractivity contribution in [3.63, 3.8) is 0 Å². The number of aliphatic hydroxyl groups is 1. The van der Waals surface area contributed by atoms with Crippen LogP contribution in [0.4, 0.5) is 0 Å². The Balaban J connectivity index is 2.34. The Bertz CT molecular complexity index is 439. The molecule has 0 aromatic heterocycles. The maximum absolute atomic E-state index is 11.6. The zero-order chi connectivity index (χ0) is 15.5. The minimum Gasteiger partial charge on any atom is -0.385 e. The van der Waals surface area contributed by atoms with Crippen LogP contribution in [0.1, 0.15) is 44.6 Å². The molecule has 0 amide bonds. The first-order valence-electron chi connectivity index (χ1n) is 8.07. The lowest BCUT2D eigenvalue weighted by molar-refractivity contribution is -0.0883. The second-order valence-corrected chi connectivity index (χ2v) is 7.27. The number of halogens is 1. The average Bonchev–Trinajstić information content (AvgIpc) is 2.47. The summed E-state index contributed by atoms with van der Waals surface area (Å²) in [5, 5.41) is 12.4. The third-order valence-electron chi connectivity index (χ3n) is 4.92. The van der Waals surface area contributed by atoms with Gasteiger partial charge in [0.1, 0.15) is 0 Å². The Morgan fingerprint density at radius 3 is 2.29 bits per heavy atom. The second-order valence-electron chi connectivity index (χ2n) is 6.83. The molecule has 0 heterocycles. The first-order chi connectivity index (χ1) is 9.94. The Labute approximate surface area is 134 Å². The van der Waals surface area contributed by atoms with Gasteiger partial charge in [0.25, 0.3) is 0 Å². The maximum Gasteiger partial charge on any atom is 0.0962 e. The molecule has 1 fully saturated rings. The molecule has 0 radical (unpaired) electrons. The quantitative estimate of drug-likeness (QED) is 0.876. The molecule has 1 aromatic rings. The SMILES string of the molecule is C[C@H](CN(C)C)[C@](O)(c1ccc(Cl)cc1)C1CCCCC1. The fraction of sp³-hybridized carbons (Fsp3) is 0.667. The van der Waals surface area contributed by atoms with Crippen LogP contribution in [0, 0.1) is 11.8 Å². The van der Waals surface area contributed by atoms with E-state index in [4.69, 9.17) is 11.6 Å². The molecular weight excluding hydrogens is 282 g/mol. The Hall–Kier alpha value is -0.570. The highest BCUT2D eigenvalue weighted by atomic mass is 35.5. The lowest BCUT2D eigenvalue weighted by Crippen LogP contribution is -2.45. The minimum absolute atomic E-state index is 0.191. The molecule has 0 saturated heterocycles. The highest BCUT2D eigenvalue weighted by Gasteiger charge is 2.43. The van der Waals surface area contributed by atoms with Crippen molar-refractivity contribution in [3.05, 3.63) is 34.9 Å². The van der Waals surface area contributed by atoms with Crippen molar-refractivity contribution in [2.75, 3.05) is 20.6 Å². The van der Waals surface area contributed by atoms with Gasteiger partial charge in [-0.1, -0.05) is 49.9 Å². The number of benzene rings is 1. The summed E-state index contributed by atoms with van der Waals surface area (Å²) in [7, 11) is 4.14. The van der Waals surface area contributed by atoms with E-state index in [0.717, 1.165) is 30.0 Å². The smallest absolute Gasteiger partial charge is 0.0962 e. The van der Waals surface area contributed by atoms with Gasteiger partial charge in [0.05, 0.1) is 5.60 Å². The molecule has 0 unspecified atom stereocenters. The maximum atomic E-state index is 11.6. The number of nitrogens with zero attached hydrogens (tertiary/aromatic N) is 1. The Kier molecular flexibility index (Phi) is 5.70. The van der Waals surface area contributed by atoms with Gasteiger partial charge in [-0.2, -0.15) is 0 Å². The van der Waals surface area contributed by atoms with E-state index in [1.807, 2.05) is 24.3 Å². The van der Waals surface area contributed by atoms with E-state index in [-0.39, 0.29) is 5.92 Å². The van der Waals surface area contributed by atoms with Crippen molar-refractivity contribution in [1.29, 1.82) is 0 Å².